The van der Waals surface area contributed by atoms with Crippen LogP contribution in [-0.4, -0.2) is 47.3 Å². The minimum atomic E-state index is -4.51. The number of piperidine rings is 1. The van der Waals surface area contributed by atoms with Crippen molar-refractivity contribution in [2.24, 2.45) is 0 Å². The third-order valence-corrected chi connectivity index (χ3v) is 6.67. The molecule has 38 heavy (non-hydrogen) atoms. The molecule has 5 nitrogen and oxygen atoms in total. The van der Waals surface area contributed by atoms with Gasteiger partial charge < -0.3 is 15.1 Å². The van der Waals surface area contributed by atoms with Crippen LogP contribution in [0.15, 0.2) is 60.7 Å². The number of amides is 2. The molecule has 8 heteroatoms. The summed E-state index contributed by atoms with van der Waals surface area (Å²) >= 11 is 0. The highest BCUT2D eigenvalue weighted by Crippen LogP contribution is 2.31. The fraction of sp³-hybridized carbons (Fsp3) is 0.400. The molecule has 2 amide bonds. The second-order valence-electron chi connectivity index (χ2n) is 9.43. The molecule has 3 rings (SSSR count). The summed E-state index contributed by atoms with van der Waals surface area (Å²) in [6, 6.07) is 11.5. The number of terminal acetylenes is 1. The number of unbranched alkanes of at least 4 members (excludes halogenated alkanes) is 1. The van der Waals surface area contributed by atoms with E-state index >= 15 is 0 Å². The first-order chi connectivity index (χ1) is 18.2. The summed E-state index contributed by atoms with van der Waals surface area (Å²) in [6.07, 6.45) is 7.35. The number of urea groups is 1. The Balaban J connectivity index is 1.82. The van der Waals surface area contributed by atoms with Gasteiger partial charge in [0.1, 0.15) is 0 Å². The van der Waals surface area contributed by atoms with Gasteiger partial charge >= 0.3 is 12.2 Å². The van der Waals surface area contributed by atoms with Crippen LogP contribution in [0.5, 0.6) is 0 Å². The number of carbonyl (C=O) groups excluding carboxylic acids is 2. The third-order valence-electron chi connectivity index (χ3n) is 6.67. The minimum Gasteiger partial charge on any atom is -0.317 e. The zero-order chi connectivity index (χ0) is 27.5. The number of allylic oxidation sites excluding steroid dienone is 2. The number of carbonyl (C=O) groups is 2. The Labute approximate surface area is 222 Å². The zero-order valence-corrected chi connectivity index (χ0v) is 21.6. The Morgan fingerprint density at radius 1 is 1.13 bits per heavy atom. The monoisotopic (exact) mass is 525 g/mol. The van der Waals surface area contributed by atoms with Gasteiger partial charge in [-0.25, -0.2) is 4.79 Å². The molecule has 0 bridgehead atoms. The van der Waals surface area contributed by atoms with Crippen molar-refractivity contribution in [2.75, 3.05) is 25.0 Å². The first-order valence-electron chi connectivity index (χ1n) is 12.8. The molecule has 1 fully saturated rings. The first-order valence-corrected chi connectivity index (χ1v) is 12.8. The SMILES string of the molecule is C#CCCCN1CCC(N(Cc2ccccc2CC(=O)/C=C/C)C(=O)Nc2cccc(C(F)(F)F)c2)CC1. The second-order valence-corrected chi connectivity index (χ2v) is 9.43. The topological polar surface area (TPSA) is 52.7 Å². The van der Waals surface area contributed by atoms with E-state index in [1.165, 1.54) is 18.2 Å². The molecule has 0 spiro atoms. The van der Waals surface area contributed by atoms with Crippen LogP contribution < -0.4 is 5.32 Å². The number of benzene rings is 2. The van der Waals surface area contributed by atoms with Gasteiger partial charge in [0.2, 0.25) is 0 Å². The number of nitrogens with zero attached hydrogens (tertiary/aromatic N) is 2. The van der Waals surface area contributed by atoms with Crippen LogP contribution in [0.1, 0.15) is 49.3 Å². The van der Waals surface area contributed by atoms with Crippen molar-refractivity contribution in [1.82, 2.24) is 9.80 Å². The van der Waals surface area contributed by atoms with Gasteiger partial charge in [0.05, 0.1) is 5.56 Å². The molecule has 1 heterocycles. The highest BCUT2D eigenvalue weighted by Gasteiger charge is 2.32. The van der Waals surface area contributed by atoms with Crippen molar-refractivity contribution in [3.63, 3.8) is 0 Å². The molecule has 0 unspecified atom stereocenters. The van der Waals surface area contributed by atoms with Gasteiger partial charge in [0.15, 0.2) is 5.78 Å². The maximum atomic E-state index is 13.5. The van der Waals surface area contributed by atoms with E-state index < -0.39 is 17.8 Å². The molecule has 0 aromatic heterocycles. The normalized spacial score (nSPS) is 14.8. The number of halogens is 3. The standard InChI is InChI=1S/C30H34F3N3O2/c1-3-5-8-17-35-18-15-27(16-19-35)36(22-24-12-7-6-11-23(24)20-28(37)10-4-2)29(38)34-26-14-9-13-25(21-26)30(31,32)33/h1,4,6-7,9-14,21,27H,5,8,15-20,22H2,2H3,(H,34,38)/b10-4+. The van der Waals surface area contributed by atoms with Crippen molar-refractivity contribution < 1.29 is 22.8 Å². The van der Waals surface area contributed by atoms with Gasteiger partial charge in [-0.3, -0.25) is 4.79 Å². The molecule has 1 aliphatic rings. The lowest BCUT2D eigenvalue weighted by Crippen LogP contribution is -2.48. The van der Waals surface area contributed by atoms with Crippen molar-refractivity contribution in [1.29, 1.82) is 0 Å². The molecule has 0 radical (unpaired) electrons. The van der Waals surface area contributed by atoms with Crippen LogP contribution in [0, 0.1) is 12.3 Å². The van der Waals surface area contributed by atoms with Gasteiger partial charge in [-0.05, 0) is 68.1 Å². The number of alkyl halides is 3. The van der Waals surface area contributed by atoms with Crippen molar-refractivity contribution in [2.45, 2.75) is 57.8 Å². The van der Waals surface area contributed by atoms with Crippen LogP contribution in [0.4, 0.5) is 23.7 Å². The average molecular weight is 526 g/mol. The smallest absolute Gasteiger partial charge is 0.317 e. The Hall–Kier alpha value is -3.57. The zero-order valence-electron chi connectivity index (χ0n) is 21.6. The first kappa shape index (κ1) is 29.0. The molecule has 1 N–H and O–H groups in total. The van der Waals surface area contributed by atoms with Crippen LogP contribution in [-0.2, 0) is 23.9 Å². The summed E-state index contributed by atoms with van der Waals surface area (Å²) in [5, 5.41) is 2.68. The summed E-state index contributed by atoms with van der Waals surface area (Å²) in [5.74, 6) is 2.61. The molecule has 202 valence electrons. The van der Waals surface area contributed by atoms with Gasteiger partial charge in [0.25, 0.3) is 0 Å². The molecular formula is C30H34F3N3O2. The third kappa shape index (κ3) is 8.49. The lowest BCUT2D eigenvalue weighted by Gasteiger charge is -2.39. The van der Waals surface area contributed by atoms with Crippen LogP contribution in [0.25, 0.3) is 0 Å². The Kier molecular flexibility index (Phi) is 10.5. The van der Waals surface area contributed by atoms with Crippen molar-refractivity contribution in [3.05, 3.63) is 77.4 Å². The van der Waals surface area contributed by atoms with Gasteiger partial charge in [0, 0.05) is 44.2 Å². The predicted octanol–water partition coefficient (Wildman–Crippen LogP) is 6.31. The average Bonchev–Trinajstić information content (AvgIpc) is 2.88. The van der Waals surface area contributed by atoms with E-state index in [4.69, 9.17) is 6.42 Å². The van der Waals surface area contributed by atoms with Crippen LogP contribution in [0.2, 0.25) is 0 Å². The van der Waals surface area contributed by atoms with Gasteiger partial charge in [-0.2, -0.15) is 13.2 Å². The Morgan fingerprint density at radius 2 is 1.84 bits per heavy atom. The molecular weight excluding hydrogens is 491 g/mol. The number of anilines is 1. The molecule has 0 aliphatic carbocycles. The van der Waals surface area contributed by atoms with Gasteiger partial charge in [-0.1, -0.05) is 36.4 Å². The number of nitrogens with one attached hydrogen (secondary N) is 1. The van der Waals surface area contributed by atoms with Gasteiger partial charge in [-0.15, -0.1) is 12.3 Å². The van der Waals surface area contributed by atoms with E-state index in [1.807, 2.05) is 24.3 Å². The summed E-state index contributed by atoms with van der Waals surface area (Å²) in [6.45, 7) is 4.51. The molecule has 2 aromatic rings. The van der Waals surface area contributed by atoms with E-state index in [0.29, 0.717) is 6.42 Å². The Morgan fingerprint density at radius 3 is 2.50 bits per heavy atom. The molecule has 2 aromatic carbocycles. The van der Waals surface area contributed by atoms with E-state index in [-0.39, 0.29) is 30.5 Å². The fourth-order valence-corrected chi connectivity index (χ4v) is 4.69. The summed E-state index contributed by atoms with van der Waals surface area (Å²) < 4.78 is 39.7. The molecule has 1 saturated heterocycles. The highest BCUT2D eigenvalue weighted by atomic mass is 19.4. The number of ketones is 1. The van der Waals surface area contributed by atoms with E-state index in [1.54, 1.807) is 17.9 Å². The lowest BCUT2D eigenvalue weighted by atomic mass is 9.98. The summed E-state index contributed by atoms with van der Waals surface area (Å²) in [7, 11) is 0. The second kappa shape index (κ2) is 13.8. The van der Waals surface area contributed by atoms with E-state index in [0.717, 1.165) is 62.2 Å². The minimum absolute atomic E-state index is 0.0415. The Bertz CT molecular complexity index is 1160. The number of likely N-dealkylation sites (tertiary alicyclic amines) is 1. The van der Waals surface area contributed by atoms with Crippen molar-refractivity contribution >= 4 is 17.5 Å². The number of hydrogen-bond donors (Lipinski definition) is 1. The largest absolute Gasteiger partial charge is 0.416 e. The highest BCUT2D eigenvalue weighted by molar-refractivity contribution is 5.92. The maximum absolute atomic E-state index is 13.5. The van der Waals surface area contributed by atoms with Crippen LogP contribution in [0.3, 0.4) is 0 Å². The predicted molar refractivity (Wildman–Crippen MR) is 144 cm³/mol. The van der Waals surface area contributed by atoms with E-state index in [2.05, 4.69) is 16.1 Å². The summed E-state index contributed by atoms with van der Waals surface area (Å²) in [4.78, 5) is 29.8. The van der Waals surface area contributed by atoms with E-state index in [9.17, 15) is 22.8 Å². The molecule has 1 aliphatic heterocycles. The molecule has 0 atom stereocenters. The quantitative estimate of drug-likeness (QED) is 0.225. The lowest BCUT2D eigenvalue weighted by molar-refractivity contribution is -0.137. The van der Waals surface area contributed by atoms with Crippen molar-refractivity contribution in [3.8, 4) is 12.3 Å². The summed E-state index contributed by atoms with van der Waals surface area (Å²) in [5.41, 5.74) is 0.910. The number of hydrogen-bond acceptors (Lipinski definition) is 3. The number of rotatable bonds is 10. The fourth-order valence-electron chi connectivity index (χ4n) is 4.69. The van der Waals surface area contributed by atoms with Crippen LogP contribution >= 0.6 is 0 Å². The molecule has 0 saturated carbocycles. The maximum Gasteiger partial charge on any atom is 0.416 e.